The summed E-state index contributed by atoms with van der Waals surface area (Å²) < 4.78 is 5.62. The lowest BCUT2D eigenvalue weighted by Gasteiger charge is -2.17. The van der Waals surface area contributed by atoms with Crippen molar-refractivity contribution in [2.24, 2.45) is 0 Å². The summed E-state index contributed by atoms with van der Waals surface area (Å²) in [6.07, 6.45) is 3.31. The summed E-state index contributed by atoms with van der Waals surface area (Å²) in [5.41, 5.74) is 0.617. The minimum Gasteiger partial charge on any atom is -0.455 e. The number of hydrogen-bond acceptors (Lipinski definition) is 7. The van der Waals surface area contributed by atoms with Crippen molar-refractivity contribution in [2.45, 2.75) is 23.9 Å². The maximum Gasteiger partial charge on any atom is 0.329 e. The van der Waals surface area contributed by atoms with Crippen LogP contribution in [0.2, 0.25) is 0 Å². The summed E-state index contributed by atoms with van der Waals surface area (Å²) in [6, 6.07) is 10.4. The van der Waals surface area contributed by atoms with Gasteiger partial charge in [0.25, 0.3) is 11.8 Å². The van der Waals surface area contributed by atoms with Gasteiger partial charge >= 0.3 is 6.03 Å². The zero-order valence-electron chi connectivity index (χ0n) is 15.9. The van der Waals surface area contributed by atoms with Gasteiger partial charge in [0, 0.05) is 12.4 Å². The largest absolute Gasteiger partial charge is 0.455 e. The summed E-state index contributed by atoms with van der Waals surface area (Å²) >= 11 is 1.39. The number of nitrogens with zero attached hydrogens (tertiary/aromatic N) is 3. The summed E-state index contributed by atoms with van der Waals surface area (Å²) in [5.74, 6) is 0.291. The van der Waals surface area contributed by atoms with Crippen LogP contribution in [0.4, 0.5) is 16.2 Å². The molecule has 3 heterocycles. The van der Waals surface area contributed by atoms with Gasteiger partial charge in [-0.1, -0.05) is 23.9 Å². The molecule has 2 N–H and O–H groups in total. The van der Waals surface area contributed by atoms with Crippen molar-refractivity contribution in [3.63, 3.8) is 0 Å². The fourth-order valence-corrected chi connectivity index (χ4v) is 3.56. The van der Waals surface area contributed by atoms with Crippen LogP contribution < -0.4 is 15.5 Å². The Morgan fingerprint density at radius 3 is 2.67 bits per heavy atom. The van der Waals surface area contributed by atoms with E-state index in [1.54, 1.807) is 61.8 Å². The van der Waals surface area contributed by atoms with Crippen LogP contribution in [0.1, 0.15) is 23.2 Å². The van der Waals surface area contributed by atoms with Gasteiger partial charge in [-0.15, -0.1) is 0 Å². The lowest BCUT2D eigenvalue weighted by Crippen LogP contribution is -2.32. The molecule has 1 aliphatic heterocycles. The van der Waals surface area contributed by atoms with Gasteiger partial charge in [-0.3, -0.25) is 9.59 Å². The maximum absolute atomic E-state index is 12.7. The number of para-hydroxylation sites is 2. The number of thioether (sulfide) groups is 1. The Morgan fingerprint density at radius 2 is 1.93 bits per heavy atom. The summed E-state index contributed by atoms with van der Waals surface area (Å²) in [4.78, 5) is 46.4. The molecule has 1 aliphatic rings. The van der Waals surface area contributed by atoms with Gasteiger partial charge < -0.3 is 15.1 Å². The van der Waals surface area contributed by atoms with Crippen LogP contribution >= 0.6 is 11.8 Å². The molecular formula is C20H17N5O4S. The minimum atomic E-state index is -0.625. The van der Waals surface area contributed by atoms with Gasteiger partial charge in [-0.2, -0.15) is 0 Å². The molecule has 10 heteroatoms. The number of furan rings is 1. The van der Waals surface area contributed by atoms with Gasteiger partial charge in [-0.25, -0.2) is 19.7 Å². The van der Waals surface area contributed by atoms with Crippen molar-refractivity contribution in [3.05, 3.63) is 66.4 Å². The Labute approximate surface area is 175 Å². The second-order valence-corrected chi connectivity index (χ2v) is 7.34. The smallest absolute Gasteiger partial charge is 0.329 e. The molecule has 9 nitrogen and oxygen atoms in total. The molecule has 1 atom stereocenters. The van der Waals surface area contributed by atoms with E-state index in [4.69, 9.17) is 4.42 Å². The van der Waals surface area contributed by atoms with E-state index in [9.17, 15) is 14.4 Å². The number of nitrogens with one attached hydrogen (secondary N) is 2. The third-order valence-corrected chi connectivity index (χ3v) is 5.20. The Bertz CT molecular complexity index is 1100. The Kier molecular flexibility index (Phi) is 5.48. The third-order valence-electron chi connectivity index (χ3n) is 4.30. The number of carbonyl (C=O) groups excluding carboxylic acids is 3. The molecule has 0 spiro atoms. The number of rotatable bonds is 6. The fraction of sp³-hybridized carbons (Fsp3) is 0.150. The molecule has 3 aromatic rings. The fourth-order valence-electron chi connectivity index (χ4n) is 2.86. The topological polar surface area (TPSA) is 117 Å². The number of benzene rings is 1. The molecule has 4 amide bonds. The van der Waals surface area contributed by atoms with Gasteiger partial charge in [0.2, 0.25) is 0 Å². The lowest BCUT2D eigenvalue weighted by atomic mass is 10.2. The summed E-state index contributed by atoms with van der Waals surface area (Å²) in [6.45, 7) is 1.60. The molecule has 1 aromatic carbocycles. The Balaban J connectivity index is 1.47. The zero-order chi connectivity index (χ0) is 21.1. The molecule has 30 heavy (non-hydrogen) atoms. The van der Waals surface area contributed by atoms with E-state index in [1.807, 2.05) is 0 Å². The van der Waals surface area contributed by atoms with Crippen LogP contribution in [-0.2, 0) is 10.5 Å². The van der Waals surface area contributed by atoms with Crippen molar-refractivity contribution >= 4 is 41.0 Å². The second-order valence-electron chi connectivity index (χ2n) is 6.40. The molecule has 0 saturated carbocycles. The van der Waals surface area contributed by atoms with E-state index in [0.29, 0.717) is 28.0 Å². The molecule has 1 saturated heterocycles. The van der Waals surface area contributed by atoms with Crippen LogP contribution in [0.15, 0.2) is 64.4 Å². The number of imide groups is 1. The molecule has 1 unspecified atom stereocenters. The second kappa shape index (κ2) is 8.37. The standard InChI is InChI=1S/C20H17N5O4S/c1-12-18(27)25(20(28)23-12)15-6-3-2-5-14(15)24-17(26)16-8-7-13(29-16)11-30-19-21-9-4-10-22-19/h2-10,12H,11H2,1H3,(H,23,28)(H,24,26). The third kappa shape index (κ3) is 4.03. The highest BCUT2D eigenvalue weighted by molar-refractivity contribution is 7.98. The normalized spacial score (nSPS) is 15.9. The van der Waals surface area contributed by atoms with E-state index in [1.165, 1.54) is 11.8 Å². The predicted octanol–water partition coefficient (Wildman–Crippen LogP) is 3.06. The molecule has 1 fully saturated rings. The van der Waals surface area contributed by atoms with E-state index in [-0.39, 0.29) is 11.7 Å². The minimum absolute atomic E-state index is 0.111. The molecule has 4 rings (SSSR count). The highest BCUT2D eigenvalue weighted by Gasteiger charge is 2.37. The SMILES string of the molecule is CC1NC(=O)N(c2ccccc2NC(=O)c2ccc(CSc3ncccn3)o2)C1=O. The van der Waals surface area contributed by atoms with E-state index in [0.717, 1.165) is 4.90 Å². The molecular weight excluding hydrogens is 406 g/mol. The average Bonchev–Trinajstić information content (AvgIpc) is 3.32. The van der Waals surface area contributed by atoms with Gasteiger partial charge in [-0.05, 0) is 37.3 Å². The molecule has 2 aromatic heterocycles. The van der Waals surface area contributed by atoms with Crippen molar-refractivity contribution in [3.8, 4) is 0 Å². The maximum atomic E-state index is 12.7. The number of amides is 4. The highest BCUT2D eigenvalue weighted by atomic mass is 32.2. The van der Waals surface area contributed by atoms with E-state index >= 15 is 0 Å². The van der Waals surface area contributed by atoms with Gasteiger partial charge in [0.15, 0.2) is 10.9 Å². The van der Waals surface area contributed by atoms with Gasteiger partial charge in [0.1, 0.15) is 11.8 Å². The quantitative estimate of drug-likeness (QED) is 0.355. The Hall–Kier alpha value is -3.66. The lowest BCUT2D eigenvalue weighted by molar-refractivity contribution is -0.117. The number of carbonyl (C=O) groups is 3. The average molecular weight is 423 g/mol. The van der Waals surface area contributed by atoms with Crippen LogP contribution in [0.3, 0.4) is 0 Å². The first-order chi connectivity index (χ1) is 14.5. The number of hydrogen-bond donors (Lipinski definition) is 2. The first-order valence-electron chi connectivity index (χ1n) is 9.06. The predicted molar refractivity (Wildman–Crippen MR) is 110 cm³/mol. The van der Waals surface area contributed by atoms with Crippen molar-refractivity contribution in [2.75, 3.05) is 10.2 Å². The number of aromatic nitrogens is 2. The first-order valence-corrected chi connectivity index (χ1v) is 10.0. The van der Waals surface area contributed by atoms with Gasteiger partial charge in [0.05, 0.1) is 17.1 Å². The number of urea groups is 1. The van der Waals surface area contributed by atoms with E-state index < -0.39 is 18.0 Å². The molecule has 0 aliphatic carbocycles. The highest BCUT2D eigenvalue weighted by Crippen LogP contribution is 2.29. The van der Waals surface area contributed by atoms with Crippen LogP contribution in [0, 0.1) is 0 Å². The van der Waals surface area contributed by atoms with Crippen LogP contribution in [0.25, 0.3) is 0 Å². The number of anilines is 2. The first kappa shape index (κ1) is 19.6. The summed E-state index contributed by atoms with van der Waals surface area (Å²) in [7, 11) is 0. The van der Waals surface area contributed by atoms with Crippen LogP contribution in [-0.4, -0.2) is 33.9 Å². The van der Waals surface area contributed by atoms with Crippen molar-refractivity contribution in [1.82, 2.24) is 15.3 Å². The molecule has 0 radical (unpaired) electrons. The Morgan fingerprint density at radius 1 is 1.17 bits per heavy atom. The zero-order valence-corrected chi connectivity index (χ0v) is 16.7. The van der Waals surface area contributed by atoms with Crippen LogP contribution in [0.5, 0.6) is 0 Å². The van der Waals surface area contributed by atoms with E-state index in [2.05, 4.69) is 20.6 Å². The summed E-state index contributed by atoms with van der Waals surface area (Å²) in [5, 5.41) is 5.87. The monoisotopic (exact) mass is 423 g/mol. The molecule has 152 valence electrons. The van der Waals surface area contributed by atoms with Crippen molar-refractivity contribution in [1.29, 1.82) is 0 Å². The van der Waals surface area contributed by atoms with Crippen molar-refractivity contribution < 1.29 is 18.8 Å². The molecule has 0 bridgehead atoms.